The Morgan fingerprint density at radius 2 is 1.79 bits per heavy atom. The summed E-state index contributed by atoms with van der Waals surface area (Å²) in [4.78, 5) is 49.6. The lowest BCUT2D eigenvalue weighted by Crippen LogP contribution is -2.39. The Bertz CT molecular complexity index is 717. The lowest BCUT2D eigenvalue weighted by Gasteiger charge is -2.17. The molecule has 0 aliphatic carbocycles. The van der Waals surface area contributed by atoms with Crippen molar-refractivity contribution < 1.29 is 19.2 Å². The zero-order valence-corrected chi connectivity index (χ0v) is 14.4. The van der Waals surface area contributed by atoms with E-state index in [0.717, 1.165) is 4.90 Å². The number of benzene rings is 1. The fourth-order valence-electron chi connectivity index (χ4n) is 2.29. The summed E-state index contributed by atoms with van der Waals surface area (Å²) in [5.41, 5.74) is 1.15. The molecule has 0 aromatic heterocycles. The Labute approximate surface area is 144 Å². The zero-order chi connectivity index (χ0) is 18.0. The van der Waals surface area contributed by atoms with E-state index in [2.05, 4.69) is 5.32 Å². The average molecular weight is 352 g/mol. The highest BCUT2D eigenvalue weighted by Crippen LogP contribution is 2.23. The maximum atomic E-state index is 12.2. The number of carbonyl (C=O) groups is 4. The van der Waals surface area contributed by atoms with Crippen molar-refractivity contribution in [1.82, 2.24) is 9.80 Å². The molecule has 1 fully saturated rings. The molecule has 0 spiro atoms. The normalized spacial score (nSPS) is 14.8. The van der Waals surface area contributed by atoms with Gasteiger partial charge in [0.2, 0.25) is 5.91 Å². The van der Waals surface area contributed by atoms with Crippen LogP contribution in [0.4, 0.5) is 10.5 Å². The third-order valence-electron chi connectivity index (χ3n) is 3.53. The second-order valence-electron chi connectivity index (χ2n) is 5.94. The van der Waals surface area contributed by atoms with Gasteiger partial charge >= 0.3 is 17.8 Å². The number of imide groups is 2. The summed E-state index contributed by atoms with van der Waals surface area (Å²) in [6, 6.07) is 4.24. The third kappa shape index (κ3) is 3.56. The van der Waals surface area contributed by atoms with Crippen LogP contribution < -0.4 is 5.32 Å². The van der Waals surface area contributed by atoms with E-state index < -0.39 is 30.3 Å². The van der Waals surface area contributed by atoms with Crippen LogP contribution in [0.3, 0.4) is 0 Å². The SMILES string of the molecule is Cc1c(Cl)cccc1NC(=O)CN1C(=O)C(=O)N(CC(C)C)C1=O. The van der Waals surface area contributed by atoms with Crippen molar-refractivity contribution in [2.24, 2.45) is 5.92 Å². The molecule has 1 aromatic carbocycles. The van der Waals surface area contributed by atoms with Crippen LogP contribution in [0.15, 0.2) is 18.2 Å². The third-order valence-corrected chi connectivity index (χ3v) is 3.94. The lowest BCUT2D eigenvalue weighted by atomic mass is 10.2. The van der Waals surface area contributed by atoms with Gasteiger partial charge < -0.3 is 5.32 Å². The first-order valence-electron chi connectivity index (χ1n) is 7.44. The minimum Gasteiger partial charge on any atom is -0.324 e. The molecule has 0 bridgehead atoms. The molecule has 1 aliphatic rings. The molecule has 1 heterocycles. The van der Waals surface area contributed by atoms with Crippen molar-refractivity contribution in [3.8, 4) is 0 Å². The predicted molar refractivity (Wildman–Crippen MR) is 88.5 cm³/mol. The Morgan fingerprint density at radius 1 is 1.17 bits per heavy atom. The molecule has 1 N–H and O–H groups in total. The number of hydrogen-bond acceptors (Lipinski definition) is 4. The summed E-state index contributed by atoms with van der Waals surface area (Å²) >= 11 is 5.98. The van der Waals surface area contributed by atoms with Gasteiger partial charge in [0.1, 0.15) is 6.54 Å². The molecule has 24 heavy (non-hydrogen) atoms. The number of rotatable bonds is 5. The number of halogens is 1. The highest BCUT2D eigenvalue weighted by molar-refractivity contribution is 6.45. The second kappa shape index (κ2) is 7.00. The number of nitrogens with zero attached hydrogens (tertiary/aromatic N) is 2. The predicted octanol–water partition coefficient (Wildman–Crippen LogP) is 2.03. The summed E-state index contributed by atoms with van der Waals surface area (Å²) in [5.74, 6) is -2.45. The average Bonchev–Trinajstić information content (AvgIpc) is 2.69. The van der Waals surface area contributed by atoms with Gasteiger partial charge in [0.05, 0.1) is 0 Å². The van der Waals surface area contributed by atoms with E-state index in [4.69, 9.17) is 11.6 Å². The quantitative estimate of drug-likeness (QED) is 0.649. The fourth-order valence-corrected chi connectivity index (χ4v) is 2.47. The minimum atomic E-state index is -0.987. The molecular formula is C16H18ClN3O4. The van der Waals surface area contributed by atoms with Gasteiger partial charge in [-0.2, -0.15) is 0 Å². The first kappa shape index (κ1) is 17.9. The summed E-state index contributed by atoms with van der Waals surface area (Å²) in [7, 11) is 0. The van der Waals surface area contributed by atoms with Crippen LogP contribution in [0.5, 0.6) is 0 Å². The van der Waals surface area contributed by atoms with Gasteiger partial charge in [0.25, 0.3) is 0 Å². The van der Waals surface area contributed by atoms with Crippen LogP contribution in [0, 0.1) is 12.8 Å². The van der Waals surface area contributed by atoms with E-state index in [-0.39, 0.29) is 12.5 Å². The number of amides is 5. The van der Waals surface area contributed by atoms with Crippen LogP contribution in [0.25, 0.3) is 0 Å². The molecule has 1 aliphatic heterocycles. The monoisotopic (exact) mass is 351 g/mol. The maximum Gasteiger partial charge on any atom is 0.334 e. The molecule has 2 rings (SSSR count). The van der Waals surface area contributed by atoms with Gasteiger partial charge in [-0.3, -0.25) is 19.3 Å². The number of urea groups is 1. The van der Waals surface area contributed by atoms with Crippen LogP contribution in [0.1, 0.15) is 19.4 Å². The molecule has 0 unspecified atom stereocenters. The number of nitrogens with one attached hydrogen (secondary N) is 1. The maximum absolute atomic E-state index is 12.2. The zero-order valence-electron chi connectivity index (χ0n) is 13.6. The second-order valence-corrected chi connectivity index (χ2v) is 6.35. The van der Waals surface area contributed by atoms with Gasteiger partial charge in [0, 0.05) is 17.3 Å². The van der Waals surface area contributed by atoms with Crippen LogP contribution in [-0.4, -0.2) is 46.6 Å². The molecular weight excluding hydrogens is 334 g/mol. The number of anilines is 1. The van der Waals surface area contributed by atoms with Gasteiger partial charge in [0.15, 0.2) is 0 Å². The molecule has 0 atom stereocenters. The minimum absolute atomic E-state index is 0.0218. The Balaban J connectivity index is 2.08. The van der Waals surface area contributed by atoms with Crippen molar-refractivity contribution in [2.45, 2.75) is 20.8 Å². The smallest absolute Gasteiger partial charge is 0.324 e. The summed E-state index contributed by atoms with van der Waals surface area (Å²) in [5, 5.41) is 3.08. The van der Waals surface area contributed by atoms with E-state index in [1.54, 1.807) is 25.1 Å². The number of hydrogen-bond donors (Lipinski definition) is 1. The van der Waals surface area contributed by atoms with E-state index in [9.17, 15) is 19.2 Å². The van der Waals surface area contributed by atoms with Gasteiger partial charge in [-0.15, -0.1) is 0 Å². The largest absolute Gasteiger partial charge is 0.334 e. The van der Waals surface area contributed by atoms with Crippen molar-refractivity contribution in [3.05, 3.63) is 28.8 Å². The Morgan fingerprint density at radius 3 is 2.42 bits per heavy atom. The first-order chi connectivity index (χ1) is 11.2. The van der Waals surface area contributed by atoms with Crippen molar-refractivity contribution >= 4 is 41.0 Å². The fraction of sp³-hybridized carbons (Fsp3) is 0.375. The van der Waals surface area contributed by atoms with Gasteiger partial charge in [-0.25, -0.2) is 9.69 Å². The molecule has 8 heteroatoms. The molecule has 0 radical (unpaired) electrons. The molecule has 0 saturated carbocycles. The number of carbonyl (C=O) groups excluding carboxylic acids is 4. The van der Waals surface area contributed by atoms with Crippen LogP contribution in [0.2, 0.25) is 5.02 Å². The molecule has 5 amide bonds. The van der Waals surface area contributed by atoms with Crippen molar-refractivity contribution in [2.75, 3.05) is 18.4 Å². The summed E-state index contributed by atoms with van der Waals surface area (Å²) < 4.78 is 0. The molecule has 7 nitrogen and oxygen atoms in total. The van der Waals surface area contributed by atoms with E-state index >= 15 is 0 Å². The van der Waals surface area contributed by atoms with E-state index in [0.29, 0.717) is 21.2 Å². The molecule has 1 saturated heterocycles. The summed E-state index contributed by atoms with van der Waals surface area (Å²) in [6.45, 7) is 4.99. The highest BCUT2D eigenvalue weighted by atomic mass is 35.5. The standard InChI is InChI=1S/C16H18ClN3O4/c1-9(2)7-19-14(22)15(23)20(16(19)24)8-13(21)18-12-6-4-5-11(17)10(12)3/h4-6,9H,7-8H2,1-3H3,(H,18,21). The molecule has 1 aromatic rings. The summed E-state index contributed by atoms with van der Waals surface area (Å²) in [6.07, 6.45) is 0. The van der Waals surface area contributed by atoms with Gasteiger partial charge in [-0.05, 0) is 30.5 Å². The van der Waals surface area contributed by atoms with Crippen molar-refractivity contribution in [3.63, 3.8) is 0 Å². The van der Waals surface area contributed by atoms with Crippen LogP contribution in [-0.2, 0) is 14.4 Å². The lowest BCUT2D eigenvalue weighted by molar-refractivity contribution is -0.143. The first-order valence-corrected chi connectivity index (χ1v) is 7.82. The Kier molecular flexibility index (Phi) is 5.23. The van der Waals surface area contributed by atoms with Crippen LogP contribution >= 0.6 is 11.6 Å². The van der Waals surface area contributed by atoms with Crippen molar-refractivity contribution in [1.29, 1.82) is 0 Å². The van der Waals surface area contributed by atoms with E-state index in [1.165, 1.54) is 0 Å². The molecule has 128 valence electrons. The Hall–Kier alpha value is -2.41. The topological polar surface area (TPSA) is 86.8 Å². The van der Waals surface area contributed by atoms with Gasteiger partial charge in [-0.1, -0.05) is 31.5 Å². The highest BCUT2D eigenvalue weighted by Gasteiger charge is 2.45. The van der Waals surface area contributed by atoms with E-state index in [1.807, 2.05) is 13.8 Å².